The van der Waals surface area contributed by atoms with Crippen molar-refractivity contribution in [1.29, 1.82) is 0 Å². The summed E-state index contributed by atoms with van der Waals surface area (Å²) in [6.45, 7) is 0. The highest BCUT2D eigenvalue weighted by atomic mass is 32.2. The van der Waals surface area contributed by atoms with Crippen LogP contribution in [-0.2, 0) is 4.79 Å². The van der Waals surface area contributed by atoms with Crippen LogP contribution in [0.2, 0.25) is 0 Å². The highest BCUT2D eigenvalue weighted by Gasteiger charge is 2.31. The molecule has 138 valence electrons. The summed E-state index contributed by atoms with van der Waals surface area (Å²) in [4.78, 5) is 24.5. The number of thiophene rings is 1. The molecule has 27 heavy (non-hydrogen) atoms. The van der Waals surface area contributed by atoms with Gasteiger partial charge in [0.2, 0.25) is 5.91 Å². The van der Waals surface area contributed by atoms with Crippen LogP contribution in [0.25, 0.3) is 5.69 Å². The minimum atomic E-state index is -0.327. The van der Waals surface area contributed by atoms with E-state index in [2.05, 4.69) is 21.0 Å². The fourth-order valence-corrected chi connectivity index (χ4v) is 3.94. The maximum absolute atomic E-state index is 12.1. The topological polar surface area (TPSA) is 88.9 Å². The summed E-state index contributed by atoms with van der Waals surface area (Å²) >= 11 is 2.61. The lowest BCUT2D eigenvalue weighted by molar-refractivity contribution is -0.119. The molecule has 0 unspecified atom stereocenters. The lowest BCUT2D eigenvalue weighted by Gasteiger charge is -2.10. The zero-order valence-electron chi connectivity index (χ0n) is 14.3. The Morgan fingerprint density at radius 1 is 1.11 bits per heavy atom. The fraction of sp³-hybridized carbons (Fsp3) is 0.222. The van der Waals surface area contributed by atoms with Crippen LogP contribution in [0.1, 0.15) is 34.3 Å². The van der Waals surface area contributed by atoms with Crippen molar-refractivity contribution in [2.75, 3.05) is 5.75 Å². The number of carbonyl (C=O) groups excluding carboxylic acids is 2. The van der Waals surface area contributed by atoms with E-state index in [1.807, 2.05) is 34.9 Å². The standard InChI is InChI=1S/C18H17N5O2S2/c24-15(19-21-17(25)14-7-4-10-26-14)11-27-18-22-20-16(12-8-9-12)23(18)13-5-2-1-3-6-13/h1-7,10,12H,8-9,11H2,(H,19,24)(H,21,25). The van der Waals surface area contributed by atoms with Gasteiger partial charge in [0, 0.05) is 11.6 Å². The number of thioether (sulfide) groups is 1. The van der Waals surface area contributed by atoms with E-state index in [-0.39, 0.29) is 17.6 Å². The summed E-state index contributed by atoms with van der Waals surface area (Å²) in [5.41, 5.74) is 5.83. The molecule has 0 radical (unpaired) electrons. The Morgan fingerprint density at radius 3 is 2.63 bits per heavy atom. The van der Waals surface area contributed by atoms with Gasteiger partial charge in [-0.15, -0.1) is 21.5 Å². The molecule has 0 saturated heterocycles. The van der Waals surface area contributed by atoms with Crippen LogP contribution in [0.15, 0.2) is 53.0 Å². The molecule has 0 aliphatic heterocycles. The molecule has 1 fully saturated rings. The number of amides is 2. The monoisotopic (exact) mass is 399 g/mol. The average molecular weight is 400 g/mol. The van der Waals surface area contributed by atoms with Crippen molar-refractivity contribution in [2.45, 2.75) is 23.9 Å². The van der Waals surface area contributed by atoms with Crippen molar-refractivity contribution in [3.05, 3.63) is 58.5 Å². The lowest BCUT2D eigenvalue weighted by Crippen LogP contribution is -2.42. The normalized spacial score (nSPS) is 13.3. The minimum absolute atomic E-state index is 0.125. The number of nitrogens with one attached hydrogen (secondary N) is 2. The molecule has 2 aromatic heterocycles. The Bertz CT molecular complexity index is 936. The molecule has 4 rings (SSSR count). The summed E-state index contributed by atoms with van der Waals surface area (Å²) in [5.74, 6) is 0.869. The highest BCUT2D eigenvalue weighted by Crippen LogP contribution is 2.41. The number of hydrogen-bond donors (Lipinski definition) is 2. The van der Waals surface area contributed by atoms with Crippen LogP contribution < -0.4 is 10.9 Å². The molecule has 1 aromatic carbocycles. The molecule has 0 bridgehead atoms. The van der Waals surface area contributed by atoms with Gasteiger partial charge in [-0.05, 0) is 36.4 Å². The third kappa shape index (κ3) is 4.20. The second-order valence-corrected chi connectivity index (χ2v) is 7.94. The van der Waals surface area contributed by atoms with Crippen LogP contribution in [0.3, 0.4) is 0 Å². The molecule has 0 spiro atoms. The number of carbonyl (C=O) groups is 2. The molecule has 2 heterocycles. The van der Waals surface area contributed by atoms with E-state index in [0.717, 1.165) is 24.4 Å². The van der Waals surface area contributed by atoms with Crippen molar-refractivity contribution in [3.8, 4) is 5.69 Å². The Labute approximate surface area is 164 Å². The maximum atomic E-state index is 12.1. The summed E-state index contributed by atoms with van der Waals surface area (Å²) in [6, 6.07) is 13.4. The number of benzene rings is 1. The third-order valence-corrected chi connectivity index (χ3v) is 5.81. The van der Waals surface area contributed by atoms with Gasteiger partial charge < -0.3 is 0 Å². The first kappa shape index (κ1) is 17.7. The molecule has 1 saturated carbocycles. The van der Waals surface area contributed by atoms with Gasteiger partial charge in [-0.1, -0.05) is 36.0 Å². The third-order valence-electron chi connectivity index (χ3n) is 4.01. The van der Waals surface area contributed by atoms with Gasteiger partial charge in [0.1, 0.15) is 5.82 Å². The molecule has 2 N–H and O–H groups in total. The average Bonchev–Trinajstić information content (AvgIpc) is 3.22. The van der Waals surface area contributed by atoms with Gasteiger partial charge in [0.25, 0.3) is 5.91 Å². The van der Waals surface area contributed by atoms with Crippen molar-refractivity contribution >= 4 is 34.9 Å². The minimum Gasteiger partial charge on any atom is -0.274 e. The predicted octanol–water partition coefficient (Wildman–Crippen LogP) is 2.76. The highest BCUT2D eigenvalue weighted by molar-refractivity contribution is 7.99. The molecular formula is C18H17N5O2S2. The number of nitrogens with zero attached hydrogens (tertiary/aromatic N) is 3. The van der Waals surface area contributed by atoms with E-state index >= 15 is 0 Å². The molecule has 9 heteroatoms. The Balaban J connectivity index is 1.39. The van der Waals surface area contributed by atoms with E-state index in [9.17, 15) is 9.59 Å². The first-order valence-electron chi connectivity index (χ1n) is 8.48. The van der Waals surface area contributed by atoms with Gasteiger partial charge >= 0.3 is 0 Å². The molecule has 2 amide bonds. The van der Waals surface area contributed by atoms with E-state index in [4.69, 9.17) is 0 Å². The first-order valence-corrected chi connectivity index (χ1v) is 10.3. The van der Waals surface area contributed by atoms with Crippen LogP contribution in [0, 0.1) is 0 Å². The number of hydrazine groups is 1. The second-order valence-electron chi connectivity index (χ2n) is 6.05. The van der Waals surface area contributed by atoms with Gasteiger partial charge in [0.05, 0.1) is 10.6 Å². The van der Waals surface area contributed by atoms with Crippen LogP contribution in [-0.4, -0.2) is 32.3 Å². The number of para-hydroxylation sites is 1. The summed E-state index contributed by atoms with van der Waals surface area (Å²) < 4.78 is 2.01. The summed E-state index contributed by atoms with van der Waals surface area (Å²) in [6.07, 6.45) is 2.23. The van der Waals surface area contributed by atoms with Crippen LogP contribution in [0.5, 0.6) is 0 Å². The van der Waals surface area contributed by atoms with Gasteiger partial charge in [0.15, 0.2) is 5.16 Å². The largest absolute Gasteiger partial charge is 0.279 e. The zero-order valence-corrected chi connectivity index (χ0v) is 15.9. The Hall–Kier alpha value is -2.65. The number of hydrogen-bond acceptors (Lipinski definition) is 6. The zero-order chi connectivity index (χ0) is 18.6. The van der Waals surface area contributed by atoms with Crippen molar-refractivity contribution in [1.82, 2.24) is 25.6 Å². The molecule has 0 atom stereocenters. The lowest BCUT2D eigenvalue weighted by atomic mass is 10.3. The van der Waals surface area contributed by atoms with E-state index in [1.54, 1.807) is 17.5 Å². The van der Waals surface area contributed by atoms with Crippen LogP contribution in [0.4, 0.5) is 0 Å². The molecule has 7 nitrogen and oxygen atoms in total. The fourth-order valence-electron chi connectivity index (χ4n) is 2.56. The molecule has 3 aromatic rings. The second kappa shape index (κ2) is 7.93. The van der Waals surface area contributed by atoms with Crippen molar-refractivity contribution < 1.29 is 9.59 Å². The number of rotatable bonds is 6. The summed E-state index contributed by atoms with van der Waals surface area (Å²) in [5, 5.41) is 11.1. The van der Waals surface area contributed by atoms with Gasteiger partial charge in [-0.3, -0.25) is 25.0 Å². The SMILES string of the molecule is O=C(CSc1nnc(C2CC2)n1-c1ccccc1)NNC(=O)c1cccs1. The molecule has 1 aliphatic rings. The van der Waals surface area contributed by atoms with Gasteiger partial charge in [-0.25, -0.2) is 0 Å². The van der Waals surface area contributed by atoms with Crippen molar-refractivity contribution in [3.63, 3.8) is 0 Å². The van der Waals surface area contributed by atoms with Crippen LogP contribution >= 0.6 is 23.1 Å². The maximum Gasteiger partial charge on any atom is 0.279 e. The summed E-state index contributed by atoms with van der Waals surface area (Å²) in [7, 11) is 0. The van der Waals surface area contributed by atoms with Crippen molar-refractivity contribution in [2.24, 2.45) is 0 Å². The quantitative estimate of drug-likeness (QED) is 0.491. The van der Waals surface area contributed by atoms with E-state index in [1.165, 1.54) is 23.1 Å². The Morgan fingerprint density at radius 2 is 1.93 bits per heavy atom. The van der Waals surface area contributed by atoms with E-state index in [0.29, 0.717) is 16.0 Å². The number of aromatic nitrogens is 3. The predicted molar refractivity (Wildman–Crippen MR) is 104 cm³/mol. The first-order chi connectivity index (χ1) is 13.2. The van der Waals surface area contributed by atoms with Gasteiger partial charge in [-0.2, -0.15) is 0 Å². The smallest absolute Gasteiger partial charge is 0.274 e. The van der Waals surface area contributed by atoms with E-state index < -0.39 is 0 Å². The molecular weight excluding hydrogens is 382 g/mol. The Kier molecular flexibility index (Phi) is 5.21. The molecule has 1 aliphatic carbocycles.